The molecule has 1 saturated heterocycles. The lowest BCUT2D eigenvalue weighted by molar-refractivity contribution is -0.130. The van der Waals surface area contributed by atoms with E-state index >= 15 is 0 Å². The standard InChI is InChI=1S/C25H29N3O3S2/c1-15-5-3-6-16(2)23(15)31-17-9-11-28(12-10-17)21(29)14-32-13-20-26-24(30)22-18-7-4-8-19(18)33-25(22)27-20/h3,5-6,17H,4,7-14H2,1-2H3,(H,26,27,30). The molecular weight excluding hydrogens is 454 g/mol. The Labute approximate surface area is 201 Å². The number of fused-ring (bicyclic) bond motifs is 3. The number of nitrogens with one attached hydrogen (secondary N) is 1. The van der Waals surface area contributed by atoms with E-state index in [0.717, 1.165) is 72.3 Å². The van der Waals surface area contributed by atoms with Crippen LogP contribution in [0.5, 0.6) is 5.75 Å². The Hall–Kier alpha value is -2.32. The van der Waals surface area contributed by atoms with E-state index in [2.05, 4.69) is 35.9 Å². The highest BCUT2D eigenvalue weighted by molar-refractivity contribution is 7.99. The number of rotatable bonds is 6. The summed E-state index contributed by atoms with van der Waals surface area (Å²) in [7, 11) is 0. The molecule has 8 heteroatoms. The van der Waals surface area contributed by atoms with Crippen molar-refractivity contribution in [2.75, 3.05) is 18.8 Å². The number of nitrogens with zero attached hydrogens (tertiary/aromatic N) is 2. The minimum Gasteiger partial charge on any atom is -0.490 e. The van der Waals surface area contributed by atoms with Crippen LogP contribution in [0.1, 0.15) is 46.7 Å². The van der Waals surface area contributed by atoms with Gasteiger partial charge in [0, 0.05) is 30.8 Å². The highest BCUT2D eigenvalue weighted by Crippen LogP contribution is 2.34. The number of thioether (sulfide) groups is 1. The number of piperidine rings is 1. The number of aromatic amines is 1. The molecule has 0 bridgehead atoms. The normalized spacial score (nSPS) is 16.4. The molecule has 1 aliphatic heterocycles. The predicted molar refractivity (Wildman–Crippen MR) is 135 cm³/mol. The second-order valence-corrected chi connectivity index (χ2v) is 11.0. The molecule has 174 valence electrons. The smallest absolute Gasteiger partial charge is 0.259 e. The predicted octanol–water partition coefficient (Wildman–Crippen LogP) is 4.39. The van der Waals surface area contributed by atoms with Crippen LogP contribution in [0.25, 0.3) is 10.2 Å². The monoisotopic (exact) mass is 483 g/mol. The molecule has 0 radical (unpaired) electrons. The SMILES string of the molecule is Cc1cccc(C)c1OC1CCN(C(=O)CSCc2nc3sc4c(c3c(=O)[nH]2)CCC4)CC1. The molecule has 1 N–H and O–H groups in total. The average Bonchev–Trinajstić information content (AvgIpc) is 3.38. The zero-order valence-corrected chi connectivity index (χ0v) is 20.7. The van der Waals surface area contributed by atoms with Crippen LogP contribution < -0.4 is 10.3 Å². The zero-order valence-electron chi connectivity index (χ0n) is 19.1. The number of ether oxygens (including phenoxy) is 1. The number of carbonyl (C=O) groups excluding carboxylic acids is 1. The summed E-state index contributed by atoms with van der Waals surface area (Å²) in [6, 6.07) is 6.19. The fourth-order valence-electron chi connectivity index (χ4n) is 4.82. The highest BCUT2D eigenvalue weighted by Gasteiger charge is 2.25. The molecular formula is C25H29N3O3S2. The van der Waals surface area contributed by atoms with Crippen LogP contribution in [-0.2, 0) is 23.4 Å². The van der Waals surface area contributed by atoms with Crippen LogP contribution in [0.4, 0.5) is 0 Å². The van der Waals surface area contributed by atoms with Gasteiger partial charge in [-0.25, -0.2) is 4.98 Å². The van der Waals surface area contributed by atoms with Gasteiger partial charge >= 0.3 is 0 Å². The van der Waals surface area contributed by atoms with Crippen molar-refractivity contribution in [3.8, 4) is 5.75 Å². The van der Waals surface area contributed by atoms with Gasteiger partial charge in [-0.3, -0.25) is 9.59 Å². The van der Waals surface area contributed by atoms with Crippen LogP contribution in [0, 0.1) is 13.8 Å². The second-order valence-electron chi connectivity index (χ2n) is 8.96. The van der Waals surface area contributed by atoms with Crippen LogP contribution in [-0.4, -0.2) is 45.7 Å². The Balaban J connectivity index is 1.12. The number of likely N-dealkylation sites (tertiary alicyclic amines) is 1. The number of aromatic nitrogens is 2. The third-order valence-electron chi connectivity index (χ3n) is 6.58. The maximum atomic E-state index is 12.7. The van der Waals surface area contributed by atoms with Gasteiger partial charge in [0.25, 0.3) is 5.56 Å². The van der Waals surface area contributed by atoms with E-state index < -0.39 is 0 Å². The van der Waals surface area contributed by atoms with E-state index in [1.165, 1.54) is 22.2 Å². The molecule has 33 heavy (non-hydrogen) atoms. The lowest BCUT2D eigenvalue weighted by Gasteiger charge is -2.32. The lowest BCUT2D eigenvalue weighted by atomic mass is 10.1. The molecule has 1 fully saturated rings. The molecule has 1 amide bonds. The third-order valence-corrected chi connectivity index (χ3v) is 8.69. The van der Waals surface area contributed by atoms with E-state index in [4.69, 9.17) is 4.74 Å². The summed E-state index contributed by atoms with van der Waals surface area (Å²) < 4.78 is 6.27. The Morgan fingerprint density at radius 3 is 2.76 bits per heavy atom. The van der Waals surface area contributed by atoms with Crippen molar-refractivity contribution in [3.63, 3.8) is 0 Å². The largest absolute Gasteiger partial charge is 0.490 e. The molecule has 0 atom stereocenters. The van der Waals surface area contributed by atoms with Crippen molar-refractivity contribution >= 4 is 39.2 Å². The van der Waals surface area contributed by atoms with Crippen molar-refractivity contribution in [1.29, 1.82) is 0 Å². The minimum atomic E-state index is -0.0349. The van der Waals surface area contributed by atoms with Gasteiger partial charge in [-0.1, -0.05) is 18.2 Å². The number of thiophene rings is 1. The van der Waals surface area contributed by atoms with Crippen LogP contribution in [0.15, 0.2) is 23.0 Å². The Morgan fingerprint density at radius 1 is 1.24 bits per heavy atom. The topological polar surface area (TPSA) is 75.3 Å². The summed E-state index contributed by atoms with van der Waals surface area (Å²) in [5.41, 5.74) is 3.47. The van der Waals surface area contributed by atoms with Gasteiger partial charge in [0.05, 0.1) is 16.9 Å². The first-order valence-corrected chi connectivity index (χ1v) is 13.6. The zero-order chi connectivity index (χ0) is 22.9. The fourth-order valence-corrected chi connectivity index (χ4v) is 6.89. The van der Waals surface area contributed by atoms with Gasteiger partial charge in [-0.15, -0.1) is 23.1 Å². The summed E-state index contributed by atoms with van der Waals surface area (Å²) >= 11 is 3.17. The molecule has 0 saturated carbocycles. The number of H-pyrrole nitrogens is 1. The minimum absolute atomic E-state index is 0.0349. The average molecular weight is 484 g/mol. The first-order chi connectivity index (χ1) is 16.0. The molecule has 1 aromatic carbocycles. The van der Waals surface area contributed by atoms with Crippen LogP contribution in [0.2, 0.25) is 0 Å². The third kappa shape index (κ3) is 4.68. The molecule has 3 aromatic rings. The van der Waals surface area contributed by atoms with Crippen molar-refractivity contribution in [1.82, 2.24) is 14.9 Å². The molecule has 1 aliphatic carbocycles. The van der Waals surface area contributed by atoms with E-state index in [-0.39, 0.29) is 17.6 Å². The maximum absolute atomic E-state index is 12.7. The number of amides is 1. The van der Waals surface area contributed by atoms with Gasteiger partial charge in [-0.2, -0.15) is 0 Å². The van der Waals surface area contributed by atoms with E-state index in [9.17, 15) is 9.59 Å². The summed E-state index contributed by atoms with van der Waals surface area (Å²) in [6.45, 7) is 5.58. The number of aryl methyl sites for hydroxylation is 4. The first-order valence-electron chi connectivity index (χ1n) is 11.6. The molecule has 0 unspecified atom stereocenters. The number of carbonyl (C=O) groups is 1. The molecule has 3 heterocycles. The molecule has 2 aromatic heterocycles. The fraction of sp³-hybridized carbons (Fsp3) is 0.480. The Bertz CT molecular complexity index is 1220. The summed E-state index contributed by atoms with van der Waals surface area (Å²) in [4.78, 5) is 37.0. The molecule has 0 spiro atoms. The summed E-state index contributed by atoms with van der Waals surface area (Å²) in [6.07, 6.45) is 5.01. The van der Waals surface area contributed by atoms with Crippen molar-refractivity contribution in [2.45, 2.75) is 57.8 Å². The van der Waals surface area contributed by atoms with E-state index in [1.807, 2.05) is 11.0 Å². The quantitative estimate of drug-likeness (QED) is 0.563. The van der Waals surface area contributed by atoms with Crippen molar-refractivity contribution < 1.29 is 9.53 Å². The number of para-hydroxylation sites is 1. The molecule has 5 rings (SSSR count). The van der Waals surface area contributed by atoms with Gasteiger partial charge in [0.2, 0.25) is 5.91 Å². The summed E-state index contributed by atoms with van der Waals surface area (Å²) in [5.74, 6) is 2.71. The molecule has 2 aliphatic rings. The van der Waals surface area contributed by atoms with Crippen LogP contribution >= 0.6 is 23.1 Å². The second kappa shape index (κ2) is 9.50. The van der Waals surface area contributed by atoms with Crippen molar-refractivity contribution in [3.05, 3.63) is 55.9 Å². The van der Waals surface area contributed by atoms with Crippen LogP contribution in [0.3, 0.4) is 0 Å². The number of hydrogen-bond donors (Lipinski definition) is 1. The summed E-state index contributed by atoms with van der Waals surface area (Å²) in [5, 5.41) is 0.781. The van der Waals surface area contributed by atoms with Crippen molar-refractivity contribution in [2.24, 2.45) is 0 Å². The van der Waals surface area contributed by atoms with Gasteiger partial charge in [0.1, 0.15) is 22.5 Å². The molecule has 6 nitrogen and oxygen atoms in total. The maximum Gasteiger partial charge on any atom is 0.259 e. The van der Waals surface area contributed by atoms with E-state index in [0.29, 0.717) is 17.3 Å². The number of benzene rings is 1. The first kappa shape index (κ1) is 22.5. The lowest BCUT2D eigenvalue weighted by Crippen LogP contribution is -2.42. The van der Waals surface area contributed by atoms with Gasteiger partial charge in [0.15, 0.2) is 0 Å². The highest BCUT2D eigenvalue weighted by atomic mass is 32.2. The van der Waals surface area contributed by atoms with E-state index in [1.54, 1.807) is 11.3 Å². The van der Waals surface area contributed by atoms with Gasteiger partial charge in [-0.05, 0) is 49.8 Å². The Kier molecular flexibility index (Phi) is 6.47. The Morgan fingerprint density at radius 2 is 2.00 bits per heavy atom. The van der Waals surface area contributed by atoms with Gasteiger partial charge < -0.3 is 14.6 Å². The number of hydrogen-bond acceptors (Lipinski definition) is 6.